The lowest BCUT2D eigenvalue weighted by atomic mass is 10.3. The normalized spacial score (nSPS) is 11.8. The summed E-state index contributed by atoms with van der Waals surface area (Å²) in [7, 11) is -1.21. The summed E-state index contributed by atoms with van der Waals surface area (Å²) in [4.78, 5) is 4.06. The van der Waals surface area contributed by atoms with Crippen molar-refractivity contribution in [3.05, 3.63) is 24.2 Å². The zero-order valence-electron chi connectivity index (χ0n) is 11.8. The van der Waals surface area contributed by atoms with Gasteiger partial charge in [-0.3, -0.25) is 4.99 Å². The number of furan rings is 1. The summed E-state index contributed by atoms with van der Waals surface area (Å²) in [5.74, 6) is 1.77. The van der Waals surface area contributed by atoms with Gasteiger partial charge in [0.15, 0.2) is 5.96 Å². The number of hydrogen-bond donors (Lipinski definition) is 2. The van der Waals surface area contributed by atoms with E-state index in [0.29, 0.717) is 25.5 Å². The van der Waals surface area contributed by atoms with Crippen LogP contribution in [0.1, 0.15) is 12.2 Å². The first-order valence-corrected chi connectivity index (χ1v) is 8.22. The summed E-state index contributed by atoms with van der Waals surface area (Å²) in [6.07, 6.45) is 4.23. The first-order valence-electron chi connectivity index (χ1n) is 6.16. The molecule has 0 atom stereocenters. The SMILES string of the molecule is CN=C(NCCCS(C)(=O)=O)NCCc1ccco1.I. The zero-order valence-corrected chi connectivity index (χ0v) is 14.9. The minimum absolute atomic E-state index is 0. The highest BCUT2D eigenvalue weighted by molar-refractivity contribution is 14.0. The van der Waals surface area contributed by atoms with Crippen LogP contribution < -0.4 is 10.6 Å². The van der Waals surface area contributed by atoms with E-state index in [-0.39, 0.29) is 29.7 Å². The number of nitrogens with one attached hydrogen (secondary N) is 2. The lowest BCUT2D eigenvalue weighted by molar-refractivity contribution is 0.506. The van der Waals surface area contributed by atoms with Crippen LogP contribution in [0.2, 0.25) is 0 Å². The van der Waals surface area contributed by atoms with Gasteiger partial charge in [-0.1, -0.05) is 0 Å². The molecule has 1 aromatic rings. The molecule has 0 bridgehead atoms. The lowest BCUT2D eigenvalue weighted by Crippen LogP contribution is -2.39. The summed E-state index contributed by atoms with van der Waals surface area (Å²) in [5.41, 5.74) is 0. The van der Waals surface area contributed by atoms with Crippen molar-refractivity contribution < 1.29 is 12.8 Å². The van der Waals surface area contributed by atoms with Crippen LogP contribution in [0.4, 0.5) is 0 Å². The third kappa shape index (κ3) is 9.18. The Kier molecular flexibility index (Phi) is 9.64. The standard InChI is InChI=1S/C12H21N3O3S.HI/c1-13-12(14-7-4-10-19(2,16)17)15-8-6-11-5-3-9-18-11;/h3,5,9H,4,6-8,10H2,1-2H3,(H2,13,14,15);1H. The predicted molar refractivity (Wildman–Crippen MR) is 91.5 cm³/mol. The van der Waals surface area contributed by atoms with Crippen LogP contribution in [-0.2, 0) is 16.3 Å². The van der Waals surface area contributed by atoms with E-state index >= 15 is 0 Å². The third-order valence-corrected chi connectivity index (χ3v) is 3.48. The molecule has 1 aromatic heterocycles. The van der Waals surface area contributed by atoms with Gasteiger partial charge < -0.3 is 15.1 Å². The Morgan fingerprint density at radius 2 is 2.05 bits per heavy atom. The number of sulfone groups is 1. The molecule has 0 aromatic carbocycles. The fourth-order valence-electron chi connectivity index (χ4n) is 1.52. The molecule has 0 aliphatic heterocycles. The summed E-state index contributed by atoms with van der Waals surface area (Å²) in [5, 5.41) is 6.20. The number of hydrogen-bond acceptors (Lipinski definition) is 4. The summed E-state index contributed by atoms with van der Waals surface area (Å²) in [6.45, 7) is 1.28. The molecule has 0 unspecified atom stereocenters. The quantitative estimate of drug-likeness (QED) is 0.301. The highest BCUT2D eigenvalue weighted by Gasteiger charge is 2.02. The van der Waals surface area contributed by atoms with Crippen molar-refractivity contribution in [3.63, 3.8) is 0 Å². The second-order valence-electron chi connectivity index (χ2n) is 4.24. The summed E-state index contributed by atoms with van der Waals surface area (Å²) in [6, 6.07) is 3.78. The van der Waals surface area contributed by atoms with E-state index in [1.165, 1.54) is 6.26 Å². The maximum atomic E-state index is 11.0. The fourth-order valence-corrected chi connectivity index (χ4v) is 2.19. The maximum absolute atomic E-state index is 11.0. The number of rotatable bonds is 7. The van der Waals surface area contributed by atoms with Gasteiger partial charge in [0.05, 0.1) is 12.0 Å². The molecule has 1 heterocycles. The van der Waals surface area contributed by atoms with E-state index in [0.717, 1.165) is 12.2 Å². The number of nitrogens with zero attached hydrogens (tertiary/aromatic N) is 1. The molecule has 0 amide bonds. The van der Waals surface area contributed by atoms with Crippen molar-refractivity contribution in [3.8, 4) is 0 Å². The third-order valence-electron chi connectivity index (χ3n) is 2.45. The molecule has 20 heavy (non-hydrogen) atoms. The van der Waals surface area contributed by atoms with E-state index in [2.05, 4.69) is 15.6 Å². The molecular formula is C12H22IN3O3S. The highest BCUT2D eigenvalue weighted by atomic mass is 127. The van der Waals surface area contributed by atoms with Gasteiger partial charge in [-0.15, -0.1) is 24.0 Å². The van der Waals surface area contributed by atoms with Crippen molar-refractivity contribution >= 4 is 39.8 Å². The molecular weight excluding hydrogens is 393 g/mol. The molecule has 0 saturated heterocycles. The molecule has 6 nitrogen and oxygen atoms in total. The van der Waals surface area contributed by atoms with Crippen molar-refractivity contribution in [2.24, 2.45) is 4.99 Å². The van der Waals surface area contributed by atoms with Gasteiger partial charge in [-0.2, -0.15) is 0 Å². The van der Waals surface area contributed by atoms with Gasteiger partial charge in [-0.05, 0) is 18.6 Å². The average Bonchev–Trinajstić information content (AvgIpc) is 2.84. The topological polar surface area (TPSA) is 83.7 Å². The molecule has 0 aliphatic rings. The number of aliphatic imine (C=N–C) groups is 1. The maximum Gasteiger partial charge on any atom is 0.190 e. The van der Waals surface area contributed by atoms with Crippen LogP contribution in [0.5, 0.6) is 0 Å². The first kappa shape index (κ1) is 19.2. The number of guanidine groups is 1. The van der Waals surface area contributed by atoms with Gasteiger partial charge in [0.2, 0.25) is 0 Å². The Bertz CT molecular complexity index is 486. The van der Waals surface area contributed by atoms with Crippen LogP contribution in [0.25, 0.3) is 0 Å². The Labute approximate surface area is 137 Å². The first-order chi connectivity index (χ1) is 9.01. The van der Waals surface area contributed by atoms with E-state index < -0.39 is 9.84 Å². The Morgan fingerprint density at radius 1 is 1.35 bits per heavy atom. The van der Waals surface area contributed by atoms with E-state index in [9.17, 15) is 8.42 Å². The zero-order chi connectivity index (χ0) is 14.1. The largest absolute Gasteiger partial charge is 0.469 e. The predicted octanol–water partition coefficient (Wildman–Crippen LogP) is 1.04. The van der Waals surface area contributed by atoms with Gasteiger partial charge in [0.25, 0.3) is 0 Å². The van der Waals surface area contributed by atoms with E-state index in [1.807, 2.05) is 12.1 Å². The second-order valence-corrected chi connectivity index (χ2v) is 6.50. The smallest absolute Gasteiger partial charge is 0.190 e. The molecule has 1 rings (SSSR count). The Morgan fingerprint density at radius 3 is 2.60 bits per heavy atom. The van der Waals surface area contributed by atoms with Gasteiger partial charge in [0.1, 0.15) is 15.6 Å². The van der Waals surface area contributed by atoms with Crippen molar-refractivity contribution in [1.29, 1.82) is 0 Å². The van der Waals surface area contributed by atoms with Gasteiger partial charge in [-0.25, -0.2) is 8.42 Å². The minimum Gasteiger partial charge on any atom is -0.469 e. The lowest BCUT2D eigenvalue weighted by Gasteiger charge is -2.10. The molecule has 0 aliphatic carbocycles. The average molecular weight is 415 g/mol. The molecule has 2 N–H and O–H groups in total. The fraction of sp³-hybridized carbons (Fsp3) is 0.583. The molecule has 116 valence electrons. The molecule has 0 spiro atoms. The van der Waals surface area contributed by atoms with E-state index in [4.69, 9.17) is 4.42 Å². The van der Waals surface area contributed by atoms with Crippen LogP contribution >= 0.6 is 24.0 Å². The van der Waals surface area contributed by atoms with E-state index in [1.54, 1.807) is 13.3 Å². The molecule has 0 radical (unpaired) electrons. The molecule has 8 heteroatoms. The summed E-state index contributed by atoms with van der Waals surface area (Å²) >= 11 is 0. The van der Waals surface area contributed by atoms with Crippen molar-refractivity contribution in [2.75, 3.05) is 32.1 Å². The van der Waals surface area contributed by atoms with Crippen LogP contribution in [0, 0.1) is 0 Å². The second kappa shape index (κ2) is 10.0. The number of halogens is 1. The monoisotopic (exact) mass is 415 g/mol. The van der Waals surface area contributed by atoms with Gasteiger partial charge in [0, 0.05) is 32.8 Å². The van der Waals surface area contributed by atoms with Crippen molar-refractivity contribution in [2.45, 2.75) is 12.8 Å². The highest BCUT2D eigenvalue weighted by Crippen LogP contribution is 1.99. The Hall–Kier alpha value is -0.770. The molecule has 0 fully saturated rings. The van der Waals surface area contributed by atoms with Crippen LogP contribution in [0.15, 0.2) is 27.8 Å². The van der Waals surface area contributed by atoms with Crippen LogP contribution in [0.3, 0.4) is 0 Å². The van der Waals surface area contributed by atoms with Gasteiger partial charge >= 0.3 is 0 Å². The minimum atomic E-state index is -2.89. The molecule has 0 saturated carbocycles. The van der Waals surface area contributed by atoms with Crippen LogP contribution in [-0.4, -0.2) is 46.5 Å². The summed E-state index contributed by atoms with van der Waals surface area (Å²) < 4.78 is 27.1. The van der Waals surface area contributed by atoms with Crippen molar-refractivity contribution in [1.82, 2.24) is 10.6 Å². The Balaban J connectivity index is 0.00000361.